The average Bonchev–Trinajstić information content (AvgIpc) is 3.35. The molecule has 196 valence electrons. The highest BCUT2D eigenvalue weighted by atomic mass is 32.2. The molecule has 2 aromatic carbocycles. The number of rotatable bonds is 7. The molecule has 1 aliphatic rings. The molecule has 0 radical (unpaired) electrons. The van der Waals surface area contributed by atoms with E-state index in [-0.39, 0.29) is 0 Å². The second-order valence-corrected chi connectivity index (χ2v) is 11.7. The van der Waals surface area contributed by atoms with E-state index >= 15 is 0 Å². The van der Waals surface area contributed by atoms with Crippen LogP contribution in [0.3, 0.4) is 0 Å². The van der Waals surface area contributed by atoms with E-state index < -0.39 is 52.2 Å². The number of anilines is 1. The van der Waals surface area contributed by atoms with Crippen molar-refractivity contribution in [1.82, 2.24) is 4.72 Å². The molecular weight excluding hydrogens is 518 g/mol. The van der Waals surface area contributed by atoms with Gasteiger partial charge in [0.05, 0.1) is 0 Å². The van der Waals surface area contributed by atoms with Crippen LogP contribution in [-0.4, -0.2) is 80.2 Å². The molecular formula is C25H27N3O7S2. The van der Waals surface area contributed by atoms with E-state index in [0.29, 0.717) is 4.88 Å². The first kappa shape index (κ1) is 27.2. The Balaban J connectivity index is 1.50. The Morgan fingerprint density at radius 3 is 2.46 bits per heavy atom. The van der Waals surface area contributed by atoms with Gasteiger partial charge in [-0.05, 0) is 52.7 Å². The van der Waals surface area contributed by atoms with Gasteiger partial charge in [-0.3, -0.25) is 0 Å². The van der Waals surface area contributed by atoms with Crippen LogP contribution in [0, 0.1) is 11.3 Å². The lowest BCUT2D eigenvalue weighted by Crippen LogP contribution is -2.59. The maximum Gasteiger partial charge on any atom is 0.250 e. The van der Waals surface area contributed by atoms with Gasteiger partial charge in [0.15, 0.2) is 11.2 Å². The van der Waals surface area contributed by atoms with Crippen LogP contribution in [0.2, 0.25) is 0 Å². The zero-order chi connectivity index (χ0) is 26.9. The largest absolute Gasteiger partial charge is 0.388 e. The van der Waals surface area contributed by atoms with E-state index in [1.165, 1.54) is 17.4 Å². The molecule has 1 saturated heterocycles. The molecule has 1 aromatic heterocycles. The fourth-order valence-electron chi connectivity index (χ4n) is 3.92. The molecule has 2 heterocycles. The summed E-state index contributed by atoms with van der Waals surface area (Å²) in [6.45, 7) is -0.536. The molecule has 1 unspecified atom stereocenters. The Morgan fingerprint density at radius 1 is 1.05 bits per heavy atom. The average molecular weight is 546 g/mol. The number of ether oxygens (including phenoxy) is 1. The maximum atomic E-state index is 12.7. The summed E-state index contributed by atoms with van der Waals surface area (Å²) in [5.41, 5.74) is 2.05. The number of nitrogens with zero attached hydrogens (tertiary/aromatic N) is 2. The molecule has 12 heteroatoms. The van der Waals surface area contributed by atoms with Gasteiger partial charge in [0.25, 0.3) is 10.0 Å². The molecule has 4 rings (SSSR count). The first-order chi connectivity index (χ1) is 17.5. The second-order valence-electron chi connectivity index (χ2n) is 8.85. The summed E-state index contributed by atoms with van der Waals surface area (Å²) >= 11 is 1.32. The van der Waals surface area contributed by atoms with Crippen LogP contribution in [0.5, 0.6) is 0 Å². The van der Waals surface area contributed by atoms with Gasteiger partial charge >= 0.3 is 0 Å². The quantitative estimate of drug-likeness (QED) is 0.275. The molecule has 0 aliphatic carbocycles. The highest BCUT2D eigenvalue weighted by Crippen LogP contribution is 2.33. The van der Waals surface area contributed by atoms with Crippen LogP contribution >= 0.6 is 11.3 Å². The topological polar surface area (TPSA) is 163 Å². The van der Waals surface area contributed by atoms with Crippen molar-refractivity contribution in [2.75, 3.05) is 25.5 Å². The van der Waals surface area contributed by atoms with Crippen LogP contribution in [0.25, 0.3) is 27.3 Å². The summed E-state index contributed by atoms with van der Waals surface area (Å²) in [6, 6.07) is 17.5. The third-order valence-corrected chi connectivity index (χ3v) is 8.50. The second kappa shape index (κ2) is 10.9. The Hall–Kier alpha value is -2.86. The maximum absolute atomic E-state index is 12.7. The SMILES string of the molecule is CN(C)c1ccc2cc(-c3ccc(/C=C(\C#N)S(=O)(=O)NC[C@H]4OC(O)[C@H](O)[C@@H](O)[C@@H]4O)s3)ccc2c1. The summed E-state index contributed by atoms with van der Waals surface area (Å²) in [6.07, 6.45) is -6.99. The molecule has 0 bridgehead atoms. The van der Waals surface area contributed by atoms with Crippen molar-refractivity contribution in [2.24, 2.45) is 0 Å². The third kappa shape index (κ3) is 5.85. The fraction of sp³-hybridized carbons (Fsp3) is 0.320. The number of benzene rings is 2. The van der Waals surface area contributed by atoms with Crippen molar-refractivity contribution in [3.05, 3.63) is 58.3 Å². The lowest BCUT2D eigenvalue weighted by atomic mass is 9.99. The van der Waals surface area contributed by atoms with Gasteiger partial charge in [-0.2, -0.15) is 5.26 Å². The normalized spacial score (nSPS) is 24.7. The van der Waals surface area contributed by atoms with Crippen LogP contribution < -0.4 is 9.62 Å². The highest BCUT2D eigenvalue weighted by Gasteiger charge is 2.43. The standard InChI is InChI=1S/C25H27N3O7S2/c1-28(2)17-6-5-14-9-16(4-3-15(14)10-17)21-8-7-18(36-21)11-19(12-26)37(33,34)27-13-20-22(29)23(30)24(31)25(32)35-20/h3-11,20,22-25,27,29-32H,13H2,1-2H3/b19-11+/t20-,22-,23+,24-,25?/m1/s1. The van der Waals surface area contributed by atoms with E-state index in [2.05, 4.69) is 10.8 Å². The lowest BCUT2D eigenvalue weighted by molar-refractivity contribution is -0.279. The van der Waals surface area contributed by atoms with Crippen molar-refractivity contribution in [3.63, 3.8) is 0 Å². The Kier molecular flexibility index (Phi) is 7.98. The number of sulfonamides is 1. The first-order valence-electron chi connectivity index (χ1n) is 11.3. The van der Waals surface area contributed by atoms with Crippen LogP contribution in [0.1, 0.15) is 4.88 Å². The Labute approximate surface area is 218 Å². The fourth-order valence-corrected chi connectivity index (χ4v) is 5.88. The van der Waals surface area contributed by atoms with Gasteiger partial charge < -0.3 is 30.1 Å². The predicted octanol–water partition coefficient (Wildman–Crippen LogP) is 1.22. The molecule has 3 aromatic rings. The van der Waals surface area contributed by atoms with Gasteiger partial charge in [0, 0.05) is 36.1 Å². The number of hydrogen-bond donors (Lipinski definition) is 5. The number of nitrogens with one attached hydrogen (secondary N) is 1. The molecule has 5 N–H and O–H groups in total. The lowest BCUT2D eigenvalue weighted by Gasteiger charge is -2.38. The predicted molar refractivity (Wildman–Crippen MR) is 141 cm³/mol. The molecule has 0 saturated carbocycles. The smallest absolute Gasteiger partial charge is 0.250 e. The van der Waals surface area contributed by atoms with E-state index in [4.69, 9.17) is 4.74 Å². The number of aliphatic hydroxyl groups excluding tert-OH is 4. The summed E-state index contributed by atoms with van der Waals surface area (Å²) in [5, 5.41) is 50.6. The minimum Gasteiger partial charge on any atom is -0.388 e. The summed E-state index contributed by atoms with van der Waals surface area (Å²) in [7, 11) is -0.340. The number of nitriles is 1. The van der Waals surface area contributed by atoms with Gasteiger partial charge in [0.1, 0.15) is 30.5 Å². The molecule has 10 nitrogen and oxygen atoms in total. The van der Waals surface area contributed by atoms with E-state index in [0.717, 1.165) is 26.9 Å². The highest BCUT2D eigenvalue weighted by molar-refractivity contribution is 7.93. The Morgan fingerprint density at radius 2 is 1.76 bits per heavy atom. The molecule has 1 fully saturated rings. The third-order valence-electron chi connectivity index (χ3n) is 6.09. The summed E-state index contributed by atoms with van der Waals surface area (Å²) in [4.78, 5) is 2.92. The first-order valence-corrected chi connectivity index (χ1v) is 13.6. The van der Waals surface area contributed by atoms with Crippen molar-refractivity contribution < 1.29 is 33.6 Å². The molecule has 0 amide bonds. The zero-order valence-electron chi connectivity index (χ0n) is 20.0. The van der Waals surface area contributed by atoms with E-state index in [1.54, 1.807) is 12.1 Å². The van der Waals surface area contributed by atoms with Crippen LogP contribution in [0.4, 0.5) is 5.69 Å². The van der Waals surface area contributed by atoms with Crippen molar-refractivity contribution >= 4 is 43.9 Å². The number of thiophene rings is 1. The number of fused-ring (bicyclic) bond motifs is 1. The van der Waals surface area contributed by atoms with Gasteiger partial charge in [-0.25, -0.2) is 13.1 Å². The van der Waals surface area contributed by atoms with Crippen LogP contribution in [0.15, 0.2) is 53.4 Å². The van der Waals surface area contributed by atoms with Crippen molar-refractivity contribution in [2.45, 2.75) is 30.7 Å². The van der Waals surface area contributed by atoms with E-state index in [9.17, 15) is 34.1 Å². The van der Waals surface area contributed by atoms with Crippen molar-refractivity contribution in [1.29, 1.82) is 5.26 Å². The Bertz CT molecular complexity index is 1460. The van der Waals surface area contributed by atoms with Crippen LogP contribution in [-0.2, 0) is 14.8 Å². The van der Waals surface area contributed by atoms with Gasteiger partial charge in [0.2, 0.25) is 0 Å². The molecule has 5 atom stereocenters. The minimum absolute atomic E-state index is 0.536. The number of hydrogen-bond acceptors (Lipinski definition) is 10. The van der Waals surface area contributed by atoms with Gasteiger partial charge in [-0.1, -0.05) is 18.2 Å². The monoisotopic (exact) mass is 545 g/mol. The zero-order valence-corrected chi connectivity index (χ0v) is 21.6. The molecule has 0 spiro atoms. The molecule has 1 aliphatic heterocycles. The summed E-state index contributed by atoms with van der Waals surface area (Å²) < 4.78 is 32.6. The minimum atomic E-state index is -4.30. The van der Waals surface area contributed by atoms with E-state index in [1.807, 2.05) is 55.4 Å². The summed E-state index contributed by atoms with van der Waals surface area (Å²) in [5.74, 6) is 0. The molecule has 37 heavy (non-hydrogen) atoms. The van der Waals surface area contributed by atoms with Crippen molar-refractivity contribution in [3.8, 4) is 16.5 Å². The van der Waals surface area contributed by atoms with Gasteiger partial charge in [-0.15, -0.1) is 11.3 Å². The number of aliphatic hydroxyl groups is 4. The number of allylic oxidation sites excluding steroid dienone is 1.